The van der Waals surface area contributed by atoms with Gasteiger partial charge in [-0.25, -0.2) is 22.8 Å². The van der Waals surface area contributed by atoms with Crippen LogP contribution in [0.3, 0.4) is 0 Å². The third-order valence-corrected chi connectivity index (χ3v) is 5.04. The molecule has 2 aromatic heterocycles. The van der Waals surface area contributed by atoms with Crippen LogP contribution < -0.4 is 0 Å². The van der Waals surface area contributed by atoms with Gasteiger partial charge in [0.05, 0.1) is 22.5 Å². The maximum Gasteiger partial charge on any atom is 0.264 e. The molecule has 2 heterocycles. The largest absolute Gasteiger partial charge is 0.264 e. The van der Waals surface area contributed by atoms with Crippen molar-refractivity contribution in [3.8, 4) is 16.9 Å². The lowest BCUT2D eigenvalue weighted by molar-refractivity contribution is 0.153. The second-order valence-corrected chi connectivity index (χ2v) is 7.01. The summed E-state index contributed by atoms with van der Waals surface area (Å²) in [6.45, 7) is 0. The lowest BCUT2D eigenvalue weighted by atomic mass is 10.0. The molecule has 4 aromatic rings. The van der Waals surface area contributed by atoms with Crippen LogP contribution in [-0.2, 0) is 0 Å². The normalized spacial score (nSPS) is 14.1. The zero-order chi connectivity index (χ0) is 19.3. The van der Waals surface area contributed by atoms with Gasteiger partial charge in [-0.05, 0) is 55.3 Å². The van der Waals surface area contributed by atoms with Crippen molar-refractivity contribution >= 4 is 11.0 Å². The van der Waals surface area contributed by atoms with Crippen molar-refractivity contribution in [1.82, 2.24) is 14.8 Å². The molecule has 0 bridgehead atoms. The fourth-order valence-electron chi connectivity index (χ4n) is 3.50. The third kappa shape index (κ3) is 2.85. The number of benzene rings is 2. The molecule has 2 aromatic carbocycles. The van der Waals surface area contributed by atoms with Crippen LogP contribution in [0.25, 0.3) is 28.0 Å². The standard InChI is InChI=1S/C22H16F3N3/c23-15-10-8-13(9-11-15)18-12-17(21(24)25)19-20(14-6-7-14)27-28(22(19)26-18)16-4-2-1-3-5-16/h1-5,8-12,14,21H,6-7H2. The highest BCUT2D eigenvalue weighted by Gasteiger charge is 2.32. The Balaban J connectivity index is 1.82. The molecule has 0 N–H and O–H groups in total. The number of pyridine rings is 1. The maximum atomic E-state index is 14.0. The molecule has 0 atom stereocenters. The quantitative estimate of drug-likeness (QED) is 0.433. The van der Waals surface area contributed by atoms with E-state index >= 15 is 0 Å². The van der Waals surface area contributed by atoms with Gasteiger partial charge < -0.3 is 0 Å². The van der Waals surface area contributed by atoms with Crippen molar-refractivity contribution in [2.45, 2.75) is 25.2 Å². The second kappa shape index (κ2) is 6.48. The van der Waals surface area contributed by atoms with Gasteiger partial charge in [-0.15, -0.1) is 0 Å². The minimum atomic E-state index is -2.66. The zero-order valence-corrected chi connectivity index (χ0v) is 14.8. The van der Waals surface area contributed by atoms with Gasteiger partial charge in [0.1, 0.15) is 5.82 Å². The fraction of sp³-hybridized carbons (Fsp3) is 0.182. The average molecular weight is 379 g/mol. The zero-order valence-electron chi connectivity index (χ0n) is 14.8. The number of fused-ring (bicyclic) bond motifs is 1. The van der Waals surface area contributed by atoms with Gasteiger partial charge in [0.25, 0.3) is 6.43 Å². The van der Waals surface area contributed by atoms with Crippen LogP contribution in [0, 0.1) is 5.82 Å². The first-order chi connectivity index (χ1) is 13.6. The number of aromatic nitrogens is 3. The van der Waals surface area contributed by atoms with E-state index in [1.54, 1.807) is 16.8 Å². The summed E-state index contributed by atoms with van der Waals surface area (Å²) >= 11 is 0. The lowest BCUT2D eigenvalue weighted by Crippen LogP contribution is -1.99. The monoisotopic (exact) mass is 379 g/mol. The first-order valence-electron chi connectivity index (χ1n) is 9.15. The predicted molar refractivity (Wildman–Crippen MR) is 101 cm³/mol. The SMILES string of the molecule is Fc1ccc(-c2cc(C(F)F)c3c(C4CC4)nn(-c4ccccc4)c3n2)cc1. The van der Waals surface area contributed by atoms with Gasteiger partial charge in [0.15, 0.2) is 5.65 Å². The van der Waals surface area contributed by atoms with Crippen molar-refractivity contribution in [3.63, 3.8) is 0 Å². The van der Waals surface area contributed by atoms with E-state index in [4.69, 9.17) is 0 Å². The van der Waals surface area contributed by atoms with Crippen LogP contribution in [0.5, 0.6) is 0 Å². The molecule has 140 valence electrons. The minimum absolute atomic E-state index is 0.0755. The topological polar surface area (TPSA) is 30.7 Å². The van der Waals surface area contributed by atoms with E-state index in [2.05, 4.69) is 10.1 Å². The van der Waals surface area contributed by atoms with E-state index in [0.29, 0.717) is 28.0 Å². The molecule has 0 spiro atoms. The molecule has 28 heavy (non-hydrogen) atoms. The number of para-hydroxylation sites is 1. The highest BCUT2D eigenvalue weighted by atomic mass is 19.3. The average Bonchev–Trinajstić information content (AvgIpc) is 3.49. The van der Waals surface area contributed by atoms with E-state index in [1.165, 1.54) is 18.2 Å². The van der Waals surface area contributed by atoms with Crippen molar-refractivity contribution in [2.75, 3.05) is 0 Å². The van der Waals surface area contributed by atoms with Gasteiger partial charge >= 0.3 is 0 Å². The molecule has 1 aliphatic carbocycles. The molecule has 0 radical (unpaired) electrons. The second-order valence-electron chi connectivity index (χ2n) is 7.01. The molecule has 0 amide bonds. The lowest BCUT2D eigenvalue weighted by Gasteiger charge is -2.09. The summed E-state index contributed by atoms with van der Waals surface area (Å²) < 4.78 is 42.9. The van der Waals surface area contributed by atoms with Crippen molar-refractivity contribution in [2.24, 2.45) is 0 Å². The van der Waals surface area contributed by atoms with Crippen molar-refractivity contribution in [3.05, 3.63) is 77.7 Å². The van der Waals surface area contributed by atoms with Gasteiger partial charge in [-0.2, -0.15) is 5.10 Å². The molecule has 0 unspecified atom stereocenters. The van der Waals surface area contributed by atoms with E-state index in [0.717, 1.165) is 18.5 Å². The van der Waals surface area contributed by atoms with E-state index in [1.807, 2.05) is 30.3 Å². The molecule has 1 saturated carbocycles. The van der Waals surface area contributed by atoms with Crippen LogP contribution in [0.15, 0.2) is 60.7 Å². The van der Waals surface area contributed by atoms with Gasteiger partial charge in [-0.1, -0.05) is 18.2 Å². The first kappa shape index (κ1) is 17.0. The number of nitrogens with zero attached hydrogens (tertiary/aromatic N) is 3. The molecule has 6 heteroatoms. The van der Waals surface area contributed by atoms with Crippen LogP contribution in [0.1, 0.15) is 36.4 Å². The molecular formula is C22H16F3N3. The van der Waals surface area contributed by atoms with Gasteiger partial charge in [-0.3, -0.25) is 0 Å². The molecule has 1 aliphatic rings. The fourth-order valence-corrected chi connectivity index (χ4v) is 3.50. The summed E-state index contributed by atoms with van der Waals surface area (Å²) in [7, 11) is 0. The third-order valence-electron chi connectivity index (χ3n) is 5.04. The van der Waals surface area contributed by atoms with Crippen LogP contribution in [0.2, 0.25) is 0 Å². The summed E-state index contributed by atoms with van der Waals surface area (Å²) in [4.78, 5) is 4.67. The Bertz CT molecular complexity index is 1150. The summed E-state index contributed by atoms with van der Waals surface area (Å²) in [5.74, 6) is -0.187. The summed E-state index contributed by atoms with van der Waals surface area (Å²) in [6, 6.07) is 16.5. The molecule has 0 saturated heterocycles. The Kier molecular flexibility index (Phi) is 3.93. The van der Waals surface area contributed by atoms with Crippen LogP contribution in [0.4, 0.5) is 13.2 Å². The van der Waals surface area contributed by atoms with E-state index < -0.39 is 6.43 Å². The van der Waals surface area contributed by atoms with Gasteiger partial charge in [0, 0.05) is 17.0 Å². The molecule has 1 fully saturated rings. The van der Waals surface area contributed by atoms with E-state index in [-0.39, 0.29) is 17.3 Å². The predicted octanol–water partition coefficient (Wildman–Crippen LogP) is 6.04. The molecule has 0 aliphatic heterocycles. The smallest absolute Gasteiger partial charge is 0.228 e. The Morgan fingerprint density at radius 3 is 2.32 bits per heavy atom. The summed E-state index contributed by atoms with van der Waals surface area (Å²) in [6.07, 6.45) is -0.761. The minimum Gasteiger partial charge on any atom is -0.228 e. The molecular weight excluding hydrogens is 363 g/mol. The van der Waals surface area contributed by atoms with Crippen molar-refractivity contribution < 1.29 is 13.2 Å². The van der Waals surface area contributed by atoms with E-state index in [9.17, 15) is 13.2 Å². The highest BCUT2D eigenvalue weighted by molar-refractivity contribution is 5.87. The van der Waals surface area contributed by atoms with Crippen LogP contribution >= 0.6 is 0 Å². The van der Waals surface area contributed by atoms with Gasteiger partial charge in [0.2, 0.25) is 0 Å². The Hall–Kier alpha value is -3.15. The molecule has 5 rings (SSSR count). The highest BCUT2D eigenvalue weighted by Crippen LogP contribution is 2.45. The number of rotatable bonds is 4. The maximum absolute atomic E-state index is 14.0. The number of hydrogen-bond donors (Lipinski definition) is 0. The Labute approximate surface area is 159 Å². The Morgan fingerprint density at radius 2 is 1.68 bits per heavy atom. The number of alkyl halides is 2. The first-order valence-corrected chi connectivity index (χ1v) is 9.15. The number of halogens is 3. The summed E-state index contributed by atoms with van der Waals surface area (Å²) in [5.41, 5.74) is 2.75. The van der Waals surface area contributed by atoms with Crippen molar-refractivity contribution in [1.29, 1.82) is 0 Å². The number of hydrogen-bond acceptors (Lipinski definition) is 2. The van der Waals surface area contributed by atoms with Crippen LogP contribution in [-0.4, -0.2) is 14.8 Å². The summed E-state index contributed by atoms with van der Waals surface area (Å²) in [5, 5.41) is 5.11. The Morgan fingerprint density at radius 1 is 0.964 bits per heavy atom. The molecule has 3 nitrogen and oxygen atoms in total.